The Morgan fingerprint density at radius 3 is 2.62 bits per heavy atom. The lowest BCUT2D eigenvalue weighted by Gasteiger charge is -2.15. The normalized spacial score (nSPS) is 12.4. The van der Waals surface area contributed by atoms with Crippen molar-refractivity contribution in [3.05, 3.63) is 64.3 Å². The molecule has 32 heavy (non-hydrogen) atoms. The number of halogens is 1. The fraction of sp³-hybridized carbons (Fsp3) is 0.318. The fourth-order valence-corrected chi connectivity index (χ4v) is 4.20. The number of para-hydroxylation sites is 1. The van der Waals surface area contributed by atoms with E-state index in [0.29, 0.717) is 29.7 Å². The van der Waals surface area contributed by atoms with Crippen molar-refractivity contribution >= 4 is 15.8 Å². The molecule has 0 spiro atoms. The molecule has 0 unspecified atom stereocenters. The maximum atomic E-state index is 14.3. The second kappa shape index (κ2) is 9.47. The number of hydrogen-bond donors (Lipinski definition) is 1. The highest BCUT2D eigenvalue weighted by atomic mass is 32.2. The molecule has 0 amide bonds. The van der Waals surface area contributed by atoms with E-state index >= 15 is 0 Å². The standard InChI is InChI=1S/C22H25FN4O4S/c1-5-7-15(3)32(29,30)26-19-12-18(16-10-11-20(28)27(4)13-16)24-22(25-19)31-21-14(2)8-6-9-17(21)23/h6,8-13,15H,5,7H2,1-4H3,(H,24,25,26)/t15-/m1/s1. The Balaban J connectivity index is 2.09. The number of nitrogens with zero attached hydrogens (tertiary/aromatic N) is 3. The van der Waals surface area contributed by atoms with Crippen molar-refractivity contribution in [1.29, 1.82) is 0 Å². The van der Waals surface area contributed by atoms with E-state index in [2.05, 4.69) is 14.7 Å². The summed E-state index contributed by atoms with van der Waals surface area (Å²) in [6, 6.07) is 8.60. The Labute approximate surface area is 186 Å². The first kappa shape index (κ1) is 23.4. The van der Waals surface area contributed by atoms with Gasteiger partial charge in [0.05, 0.1) is 10.9 Å². The van der Waals surface area contributed by atoms with Crippen LogP contribution in [0.25, 0.3) is 11.3 Å². The maximum absolute atomic E-state index is 14.3. The molecule has 10 heteroatoms. The molecule has 2 aromatic heterocycles. The van der Waals surface area contributed by atoms with Crippen LogP contribution in [0.4, 0.5) is 10.2 Å². The van der Waals surface area contributed by atoms with E-state index in [1.54, 1.807) is 45.3 Å². The van der Waals surface area contributed by atoms with Crippen LogP contribution in [0.15, 0.2) is 47.4 Å². The molecule has 0 bridgehead atoms. The quantitative estimate of drug-likeness (QED) is 0.545. The minimum absolute atomic E-state index is 0.0178. The molecule has 0 fully saturated rings. The number of aryl methyl sites for hydroxylation is 2. The molecule has 0 aliphatic carbocycles. The lowest BCUT2D eigenvalue weighted by Crippen LogP contribution is -2.25. The van der Waals surface area contributed by atoms with Crippen molar-refractivity contribution in [2.45, 2.75) is 38.9 Å². The van der Waals surface area contributed by atoms with Crippen LogP contribution < -0.4 is 15.0 Å². The van der Waals surface area contributed by atoms with E-state index in [0.717, 1.165) is 0 Å². The summed E-state index contributed by atoms with van der Waals surface area (Å²) in [4.78, 5) is 20.2. The number of pyridine rings is 1. The minimum Gasteiger partial charge on any atom is -0.421 e. The average molecular weight is 461 g/mol. The maximum Gasteiger partial charge on any atom is 0.324 e. The molecule has 0 aliphatic rings. The zero-order chi connectivity index (χ0) is 23.5. The van der Waals surface area contributed by atoms with Crippen LogP contribution in [0.1, 0.15) is 32.3 Å². The molecule has 8 nitrogen and oxygen atoms in total. The Hall–Kier alpha value is -3.27. The van der Waals surface area contributed by atoms with Gasteiger partial charge in [0.25, 0.3) is 0 Å². The van der Waals surface area contributed by atoms with Crippen LogP contribution in [0, 0.1) is 12.7 Å². The molecule has 1 atom stereocenters. The van der Waals surface area contributed by atoms with Gasteiger partial charge < -0.3 is 9.30 Å². The van der Waals surface area contributed by atoms with E-state index in [-0.39, 0.29) is 23.1 Å². The summed E-state index contributed by atoms with van der Waals surface area (Å²) in [6.07, 6.45) is 2.74. The summed E-state index contributed by atoms with van der Waals surface area (Å²) in [5.41, 5.74) is 1.16. The monoisotopic (exact) mass is 460 g/mol. The van der Waals surface area contributed by atoms with Gasteiger partial charge in [0.15, 0.2) is 11.6 Å². The molecule has 0 aliphatic heterocycles. The van der Waals surface area contributed by atoms with Gasteiger partial charge in [0.1, 0.15) is 5.82 Å². The van der Waals surface area contributed by atoms with Crippen LogP contribution >= 0.6 is 0 Å². The number of hydrogen-bond acceptors (Lipinski definition) is 6. The summed E-state index contributed by atoms with van der Waals surface area (Å²) in [7, 11) is -2.13. The van der Waals surface area contributed by atoms with Gasteiger partial charge in [0, 0.05) is 30.9 Å². The van der Waals surface area contributed by atoms with Crippen molar-refractivity contribution in [3.63, 3.8) is 0 Å². The van der Waals surface area contributed by atoms with Crippen LogP contribution in [0.5, 0.6) is 11.8 Å². The predicted octanol–water partition coefficient (Wildman–Crippen LogP) is 4.01. The summed E-state index contributed by atoms with van der Waals surface area (Å²) in [6.45, 7) is 5.18. The number of benzene rings is 1. The molecule has 3 aromatic rings. The molecule has 2 heterocycles. The fourth-order valence-electron chi connectivity index (χ4n) is 3.06. The van der Waals surface area contributed by atoms with Crippen molar-refractivity contribution < 1.29 is 17.5 Å². The van der Waals surface area contributed by atoms with Crippen LogP contribution in [-0.2, 0) is 17.1 Å². The van der Waals surface area contributed by atoms with Gasteiger partial charge in [-0.05, 0) is 38.0 Å². The Kier molecular flexibility index (Phi) is 6.93. The summed E-state index contributed by atoms with van der Waals surface area (Å²) < 4.78 is 49.1. The zero-order valence-electron chi connectivity index (χ0n) is 18.3. The van der Waals surface area contributed by atoms with Gasteiger partial charge in [-0.3, -0.25) is 9.52 Å². The SMILES string of the molecule is CCC[C@@H](C)S(=O)(=O)Nc1cc(-c2ccc(=O)n(C)c2)nc(Oc2c(C)cccc2F)n1. The van der Waals surface area contributed by atoms with Gasteiger partial charge in [-0.1, -0.05) is 25.5 Å². The number of sulfonamides is 1. The molecule has 0 radical (unpaired) electrons. The first-order valence-electron chi connectivity index (χ1n) is 10.1. The van der Waals surface area contributed by atoms with Gasteiger partial charge in [-0.15, -0.1) is 0 Å². The molecule has 0 saturated carbocycles. The van der Waals surface area contributed by atoms with E-state index in [4.69, 9.17) is 4.74 Å². The van der Waals surface area contributed by atoms with E-state index in [1.165, 1.54) is 22.8 Å². The summed E-state index contributed by atoms with van der Waals surface area (Å²) in [5.74, 6) is -0.672. The lowest BCUT2D eigenvalue weighted by atomic mass is 10.2. The molecule has 1 aromatic carbocycles. The highest BCUT2D eigenvalue weighted by Gasteiger charge is 2.22. The van der Waals surface area contributed by atoms with E-state index in [9.17, 15) is 17.6 Å². The van der Waals surface area contributed by atoms with Crippen LogP contribution in [0.2, 0.25) is 0 Å². The summed E-state index contributed by atoms with van der Waals surface area (Å²) in [5, 5.41) is -0.637. The van der Waals surface area contributed by atoms with E-state index in [1.807, 2.05) is 6.92 Å². The van der Waals surface area contributed by atoms with Gasteiger partial charge in [0.2, 0.25) is 15.6 Å². The third kappa shape index (κ3) is 5.31. The number of ether oxygens (including phenoxy) is 1. The van der Waals surface area contributed by atoms with Crippen molar-refractivity contribution in [2.75, 3.05) is 4.72 Å². The van der Waals surface area contributed by atoms with Gasteiger partial charge in [-0.25, -0.2) is 12.8 Å². The highest BCUT2D eigenvalue weighted by molar-refractivity contribution is 7.93. The summed E-state index contributed by atoms with van der Waals surface area (Å²) >= 11 is 0. The first-order chi connectivity index (χ1) is 15.1. The van der Waals surface area contributed by atoms with Gasteiger partial charge >= 0.3 is 6.01 Å². The second-order valence-electron chi connectivity index (χ2n) is 7.52. The number of rotatable bonds is 8. The number of nitrogens with one attached hydrogen (secondary N) is 1. The highest BCUT2D eigenvalue weighted by Crippen LogP contribution is 2.29. The molecular formula is C22H25FN4O4S. The number of anilines is 1. The average Bonchev–Trinajstić information content (AvgIpc) is 2.72. The first-order valence-corrected chi connectivity index (χ1v) is 11.7. The topological polar surface area (TPSA) is 103 Å². The second-order valence-corrected chi connectivity index (χ2v) is 9.62. The number of aromatic nitrogens is 3. The molecule has 1 N–H and O–H groups in total. The largest absolute Gasteiger partial charge is 0.421 e. The zero-order valence-corrected chi connectivity index (χ0v) is 19.1. The third-order valence-electron chi connectivity index (χ3n) is 4.92. The Morgan fingerprint density at radius 2 is 1.97 bits per heavy atom. The van der Waals surface area contributed by atoms with Crippen LogP contribution in [-0.4, -0.2) is 28.2 Å². The Morgan fingerprint density at radius 1 is 1.22 bits per heavy atom. The smallest absolute Gasteiger partial charge is 0.324 e. The molecule has 3 rings (SSSR count). The van der Waals surface area contributed by atoms with Crippen molar-refractivity contribution in [3.8, 4) is 23.0 Å². The molecular weight excluding hydrogens is 435 g/mol. The lowest BCUT2D eigenvalue weighted by molar-refractivity contribution is 0.409. The van der Waals surface area contributed by atoms with Gasteiger partial charge in [-0.2, -0.15) is 9.97 Å². The minimum atomic E-state index is -3.72. The third-order valence-corrected chi connectivity index (χ3v) is 6.70. The van der Waals surface area contributed by atoms with Crippen LogP contribution in [0.3, 0.4) is 0 Å². The van der Waals surface area contributed by atoms with Crippen molar-refractivity contribution in [2.24, 2.45) is 7.05 Å². The van der Waals surface area contributed by atoms with Crippen molar-refractivity contribution in [1.82, 2.24) is 14.5 Å². The predicted molar refractivity (Wildman–Crippen MR) is 121 cm³/mol. The molecule has 0 saturated heterocycles. The molecule has 170 valence electrons. The van der Waals surface area contributed by atoms with E-state index < -0.39 is 21.1 Å². The Bertz CT molecular complexity index is 1270.